The second kappa shape index (κ2) is 9.34. The van der Waals surface area contributed by atoms with Crippen molar-refractivity contribution in [1.82, 2.24) is 4.57 Å². The molecule has 0 unspecified atom stereocenters. The number of benzene rings is 2. The van der Waals surface area contributed by atoms with Gasteiger partial charge in [-0.1, -0.05) is 23.5 Å². The molecular weight excluding hydrogens is 412 g/mol. The molecule has 1 aromatic heterocycles. The Hall–Kier alpha value is -2.49. The molecule has 0 fully saturated rings. The Morgan fingerprint density at radius 1 is 1.14 bits per heavy atom. The van der Waals surface area contributed by atoms with E-state index in [1.54, 1.807) is 12.1 Å². The molecule has 0 atom stereocenters. The van der Waals surface area contributed by atoms with Crippen LogP contribution < -0.4 is 9.54 Å². The zero-order valence-electron chi connectivity index (χ0n) is 16.2. The molecule has 3 rings (SSSR count). The summed E-state index contributed by atoms with van der Waals surface area (Å²) in [7, 11) is -2.30. The SMILES string of the molecule is CCOCCn1c(=NC(=O)CS(=O)(=O)c2ccc(OC)cc2)sc2ccccc21. The number of fused-ring (bicyclic) bond motifs is 1. The van der Waals surface area contributed by atoms with E-state index in [-0.39, 0.29) is 4.90 Å². The Labute approximate surface area is 173 Å². The summed E-state index contributed by atoms with van der Waals surface area (Å²) in [5, 5.41) is 0. The molecule has 0 aliphatic heterocycles. The Morgan fingerprint density at radius 3 is 2.55 bits per heavy atom. The summed E-state index contributed by atoms with van der Waals surface area (Å²) in [5.41, 5.74) is 0.932. The molecule has 7 nitrogen and oxygen atoms in total. The van der Waals surface area contributed by atoms with Crippen LogP contribution in [0.15, 0.2) is 58.4 Å². The van der Waals surface area contributed by atoms with Crippen LogP contribution in [-0.4, -0.2) is 45.0 Å². The van der Waals surface area contributed by atoms with Crippen LogP contribution in [0.1, 0.15) is 6.92 Å². The largest absolute Gasteiger partial charge is 0.497 e. The Balaban J connectivity index is 1.89. The Bertz CT molecular complexity index is 1160. The molecule has 9 heteroatoms. The van der Waals surface area contributed by atoms with Gasteiger partial charge in [0.2, 0.25) is 0 Å². The van der Waals surface area contributed by atoms with Crippen LogP contribution in [0.25, 0.3) is 10.2 Å². The van der Waals surface area contributed by atoms with E-state index in [4.69, 9.17) is 9.47 Å². The molecule has 1 amide bonds. The quantitative estimate of drug-likeness (QED) is 0.509. The third-order valence-electron chi connectivity index (χ3n) is 4.20. The predicted octanol–water partition coefficient (Wildman–Crippen LogP) is 2.65. The number of carbonyl (C=O) groups is 1. The number of hydrogen-bond donors (Lipinski definition) is 0. The highest BCUT2D eigenvalue weighted by molar-refractivity contribution is 7.92. The molecule has 0 saturated heterocycles. The summed E-state index contributed by atoms with van der Waals surface area (Å²) in [5.74, 6) is -0.864. The number of carbonyl (C=O) groups excluding carboxylic acids is 1. The molecule has 1 heterocycles. The molecule has 0 aliphatic carbocycles. The minimum absolute atomic E-state index is 0.0578. The number of aromatic nitrogens is 1. The van der Waals surface area contributed by atoms with Crippen LogP contribution >= 0.6 is 11.3 Å². The molecular formula is C20H22N2O5S2. The highest BCUT2D eigenvalue weighted by Crippen LogP contribution is 2.18. The number of para-hydroxylation sites is 1. The highest BCUT2D eigenvalue weighted by Gasteiger charge is 2.19. The van der Waals surface area contributed by atoms with E-state index in [0.29, 0.717) is 30.3 Å². The van der Waals surface area contributed by atoms with E-state index in [0.717, 1.165) is 10.2 Å². The fraction of sp³-hybridized carbons (Fsp3) is 0.300. The van der Waals surface area contributed by atoms with Gasteiger partial charge in [-0.05, 0) is 43.3 Å². The second-order valence-electron chi connectivity index (χ2n) is 6.14. The van der Waals surface area contributed by atoms with Gasteiger partial charge in [0.1, 0.15) is 11.5 Å². The molecule has 154 valence electrons. The second-order valence-corrected chi connectivity index (χ2v) is 9.14. The number of sulfone groups is 1. The van der Waals surface area contributed by atoms with Gasteiger partial charge in [0, 0.05) is 13.2 Å². The molecule has 0 saturated carbocycles. The van der Waals surface area contributed by atoms with Gasteiger partial charge in [0.15, 0.2) is 14.6 Å². The fourth-order valence-electron chi connectivity index (χ4n) is 2.79. The number of thiazole rings is 1. The maximum Gasteiger partial charge on any atom is 0.263 e. The van der Waals surface area contributed by atoms with Crippen LogP contribution in [-0.2, 0) is 25.9 Å². The summed E-state index contributed by atoms with van der Waals surface area (Å²) in [6.07, 6.45) is 0. The normalized spacial score (nSPS) is 12.4. The van der Waals surface area contributed by atoms with Crippen LogP contribution in [0.2, 0.25) is 0 Å². The topological polar surface area (TPSA) is 87.0 Å². The number of nitrogens with zero attached hydrogens (tertiary/aromatic N) is 2. The van der Waals surface area contributed by atoms with Crippen molar-refractivity contribution < 1.29 is 22.7 Å². The molecule has 3 aromatic rings. The van der Waals surface area contributed by atoms with Crippen LogP contribution in [0.5, 0.6) is 5.75 Å². The third kappa shape index (κ3) is 5.11. The molecule has 0 radical (unpaired) electrons. The van der Waals surface area contributed by atoms with Gasteiger partial charge in [0.05, 0.1) is 28.8 Å². The maximum absolute atomic E-state index is 12.6. The molecule has 0 spiro atoms. The van der Waals surface area contributed by atoms with Gasteiger partial charge in [0.25, 0.3) is 5.91 Å². The number of amides is 1. The summed E-state index contributed by atoms with van der Waals surface area (Å²) in [6, 6.07) is 13.6. The zero-order chi connectivity index (χ0) is 20.9. The summed E-state index contributed by atoms with van der Waals surface area (Å²) < 4.78 is 38.4. The van der Waals surface area contributed by atoms with E-state index in [1.165, 1.54) is 30.6 Å². The van der Waals surface area contributed by atoms with Crippen molar-refractivity contribution in [3.05, 3.63) is 53.3 Å². The van der Waals surface area contributed by atoms with Gasteiger partial charge in [-0.3, -0.25) is 4.79 Å². The first-order valence-electron chi connectivity index (χ1n) is 9.05. The molecule has 2 aromatic carbocycles. The highest BCUT2D eigenvalue weighted by atomic mass is 32.2. The number of ether oxygens (including phenoxy) is 2. The van der Waals surface area contributed by atoms with Crippen LogP contribution in [0.4, 0.5) is 0 Å². The van der Waals surface area contributed by atoms with Gasteiger partial charge in [-0.2, -0.15) is 4.99 Å². The zero-order valence-corrected chi connectivity index (χ0v) is 17.8. The predicted molar refractivity (Wildman–Crippen MR) is 112 cm³/mol. The average Bonchev–Trinajstić information content (AvgIpc) is 3.05. The number of hydrogen-bond acceptors (Lipinski definition) is 6. The molecule has 0 aliphatic rings. The van der Waals surface area contributed by atoms with Gasteiger partial charge in [-0.15, -0.1) is 0 Å². The van der Waals surface area contributed by atoms with Crippen LogP contribution in [0, 0.1) is 0 Å². The van der Waals surface area contributed by atoms with Gasteiger partial charge < -0.3 is 14.0 Å². The summed E-state index contributed by atoms with van der Waals surface area (Å²) in [6.45, 7) is 3.50. The minimum Gasteiger partial charge on any atom is -0.497 e. The lowest BCUT2D eigenvalue weighted by atomic mass is 10.3. The minimum atomic E-state index is -3.80. The first kappa shape index (κ1) is 21.2. The smallest absolute Gasteiger partial charge is 0.263 e. The van der Waals surface area contributed by atoms with E-state index < -0.39 is 21.5 Å². The molecule has 0 bridgehead atoms. The van der Waals surface area contributed by atoms with E-state index >= 15 is 0 Å². The Morgan fingerprint density at radius 2 is 1.86 bits per heavy atom. The van der Waals surface area contributed by atoms with E-state index in [9.17, 15) is 13.2 Å². The average molecular weight is 435 g/mol. The first-order valence-corrected chi connectivity index (χ1v) is 11.5. The summed E-state index contributed by atoms with van der Waals surface area (Å²) in [4.78, 5) is 17.1. The van der Waals surface area contributed by atoms with Crippen molar-refractivity contribution in [1.29, 1.82) is 0 Å². The maximum atomic E-state index is 12.6. The van der Waals surface area contributed by atoms with Gasteiger partial charge in [-0.25, -0.2) is 8.42 Å². The van der Waals surface area contributed by atoms with Crippen molar-refractivity contribution in [3.63, 3.8) is 0 Å². The third-order valence-corrected chi connectivity index (χ3v) is 6.88. The van der Waals surface area contributed by atoms with Crippen molar-refractivity contribution in [3.8, 4) is 5.75 Å². The lowest BCUT2D eigenvalue weighted by Crippen LogP contribution is -2.22. The van der Waals surface area contributed by atoms with Crippen molar-refractivity contribution in [2.24, 2.45) is 4.99 Å². The first-order chi connectivity index (χ1) is 13.9. The van der Waals surface area contributed by atoms with Crippen molar-refractivity contribution in [2.45, 2.75) is 18.4 Å². The standard InChI is InChI=1S/C20H22N2O5S2/c1-3-27-13-12-22-17-6-4-5-7-18(17)28-20(22)21-19(23)14-29(24,25)16-10-8-15(26-2)9-11-16/h4-11H,3,12-14H2,1-2H3. The summed E-state index contributed by atoms with van der Waals surface area (Å²) >= 11 is 1.35. The number of rotatable bonds is 8. The van der Waals surface area contributed by atoms with Crippen molar-refractivity contribution in [2.75, 3.05) is 26.1 Å². The van der Waals surface area contributed by atoms with E-state index in [1.807, 2.05) is 35.8 Å². The monoisotopic (exact) mass is 434 g/mol. The van der Waals surface area contributed by atoms with Crippen LogP contribution in [0.3, 0.4) is 0 Å². The lowest BCUT2D eigenvalue weighted by Gasteiger charge is -2.05. The molecule has 29 heavy (non-hydrogen) atoms. The van der Waals surface area contributed by atoms with E-state index in [2.05, 4.69) is 4.99 Å². The number of methoxy groups -OCH3 is 1. The lowest BCUT2D eigenvalue weighted by molar-refractivity contribution is -0.115. The Kier molecular flexibility index (Phi) is 6.83. The fourth-order valence-corrected chi connectivity index (χ4v) is 4.97. The molecule has 0 N–H and O–H groups in total. The van der Waals surface area contributed by atoms with Gasteiger partial charge >= 0.3 is 0 Å². The van der Waals surface area contributed by atoms with Crippen molar-refractivity contribution >= 4 is 37.3 Å².